The van der Waals surface area contributed by atoms with Gasteiger partial charge in [0.05, 0.1) is 0 Å². The predicted octanol–water partition coefficient (Wildman–Crippen LogP) is 2.39. The Hall–Kier alpha value is -0.770. The predicted molar refractivity (Wildman–Crippen MR) is 71.6 cm³/mol. The number of carbonyl (C=O) groups is 1. The molecule has 1 heterocycles. The third kappa shape index (κ3) is 3.87. The summed E-state index contributed by atoms with van der Waals surface area (Å²) in [5.74, 6) is 0. The fraction of sp³-hybridized carbons (Fsp3) is 0.929. The van der Waals surface area contributed by atoms with Gasteiger partial charge in [0.1, 0.15) is 5.60 Å². The lowest BCUT2D eigenvalue weighted by atomic mass is 10.1. The maximum Gasteiger partial charge on any atom is 0.410 e. The zero-order valence-electron chi connectivity index (χ0n) is 12.1. The highest BCUT2D eigenvalue weighted by Gasteiger charge is 2.38. The van der Waals surface area contributed by atoms with Crippen LogP contribution in [0.15, 0.2) is 0 Å². The number of amides is 1. The van der Waals surface area contributed by atoms with Crippen molar-refractivity contribution in [3.8, 4) is 0 Å². The molecule has 2 fully saturated rings. The molecule has 104 valence electrons. The summed E-state index contributed by atoms with van der Waals surface area (Å²) in [5.41, 5.74) is 0.128. The highest BCUT2D eigenvalue weighted by Crippen LogP contribution is 2.44. The maximum absolute atomic E-state index is 11.9. The van der Waals surface area contributed by atoms with Crippen molar-refractivity contribution >= 4 is 6.09 Å². The van der Waals surface area contributed by atoms with Gasteiger partial charge in [-0.25, -0.2) is 4.79 Å². The van der Waals surface area contributed by atoms with Gasteiger partial charge in [-0.1, -0.05) is 6.92 Å². The van der Waals surface area contributed by atoms with Crippen LogP contribution in [0.5, 0.6) is 0 Å². The van der Waals surface area contributed by atoms with Gasteiger partial charge in [-0.15, -0.1) is 0 Å². The van der Waals surface area contributed by atoms with Gasteiger partial charge in [-0.05, 0) is 45.4 Å². The molecular formula is C14H26N2O2. The molecular weight excluding hydrogens is 228 g/mol. The molecule has 4 nitrogen and oxygen atoms in total. The van der Waals surface area contributed by atoms with Crippen molar-refractivity contribution in [1.29, 1.82) is 0 Å². The summed E-state index contributed by atoms with van der Waals surface area (Å²) < 4.78 is 5.39. The van der Waals surface area contributed by atoms with Crippen molar-refractivity contribution in [2.45, 2.75) is 58.6 Å². The van der Waals surface area contributed by atoms with E-state index in [9.17, 15) is 4.79 Å². The normalized spacial score (nSPS) is 26.2. The Bertz CT molecular complexity index is 318. The third-order valence-corrected chi connectivity index (χ3v) is 3.76. The Balaban J connectivity index is 1.72. The van der Waals surface area contributed by atoms with Crippen molar-refractivity contribution in [2.75, 3.05) is 19.6 Å². The molecule has 2 rings (SSSR count). The number of ether oxygens (including phenoxy) is 1. The Morgan fingerprint density at radius 2 is 2.11 bits per heavy atom. The summed E-state index contributed by atoms with van der Waals surface area (Å²) in [7, 11) is 0. The average Bonchev–Trinajstić information content (AvgIpc) is 2.79. The first-order chi connectivity index (χ1) is 8.27. The first-order valence-electron chi connectivity index (χ1n) is 6.99. The monoisotopic (exact) mass is 254 g/mol. The molecule has 1 N–H and O–H groups in total. The minimum absolute atomic E-state index is 0.176. The van der Waals surface area contributed by atoms with Crippen LogP contribution in [0.3, 0.4) is 0 Å². The van der Waals surface area contributed by atoms with Crippen LogP contribution in [0.25, 0.3) is 0 Å². The molecule has 1 saturated carbocycles. The molecule has 1 aliphatic carbocycles. The molecule has 0 aromatic carbocycles. The lowest BCUT2D eigenvalue weighted by Crippen LogP contribution is -2.39. The van der Waals surface area contributed by atoms with Crippen LogP contribution in [0.1, 0.15) is 47.0 Å². The van der Waals surface area contributed by atoms with E-state index < -0.39 is 5.60 Å². The van der Waals surface area contributed by atoms with E-state index in [0.717, 1.165) is 26.1 Å². The van der Waals surface area contributed by atoms with Crippen LogP contribution in [-0.2, 0) is 4.74 Å². The molecule has 0 radical (unpaired) electrons. The summed E-state index contributed by atoms with van der Waals surface area (Å²) in [4.78, 5) is 13.7. The largest absolute Gasteiger partial charge is 0.444 e. The second-order valence-corrected chi connectivity index (χ2v) is 7.10. The summed E-state index contributed by atoms with van der Waals surface area (Å²) in [6, 6.07) is 0.440. The van der Waals surface area contributed by atoms with Crippen LogP contribution in [0.2, 0.25) is 0 Å². The second kappa shape index (κ2) is 4.72. The topological polar surface area (TPSA) is 41.6 Å². The number of carbonyl (C=O) groups excluding carboxylic acids is 1. The maximum atomic E-state index is 11.9. The summed E-state index contributed by atoms with van der Waals surface area (Å²) >= 11 is 0. The van der Waals surface area contributed by atoms with Gasteiger partial charge < -0.3 is 15.0 Å². The van der Waals surface area contributed by atoms with Gasteiger partial charge in [0.2, 0.25) is 0 Å². The Labute approximate surface area is 110 Å². The minimum atomic E-state index is -0.399. The summed E-state index contributed by atoms with van der Waals surface area (Å²) in [6.07, 6.45) is 3.53. The minimum Gasteiger partial charge on any atom is -0.444 e. The van der Waals surface area contributed by atoms with Crippen molar-refractivity contribution < 1.29 is 9.53 Å². The standard InChI is InChI=1S/C14H26N2O2/c1-13(2,3)18-12(17)16-8-5-11(9-16)15-10-14(4)6-7-14/h11,15H,5-10H2,1-4H3. The fourth-order valence-electron chi connectivity index (χ4n) is 2.20. The molecule has 1 aliphatic heterocycles. The highest BCUT2D eigenvalue weighted by molar-refractivity contribution is 5.68. The number of nitrogens with zero attached hydrogens (tertiary/aromatic N) is 1. The van der Waals surface area contributed by atoms with Crippen LogP contribution in [0, 0.1) is 5.41 Å². The molecule has 1 saturated heterocycles. The van der Waals surface area contributed by atoms with Gasteiger partial charge >= 0.3 is 6.09 Å². The van der Waals surface area contributed by atoms with Crippen LogP contribution < -0.4 is 5.32 Å². The molecule has 0 bridgehead atoms. The zero-order chi connectivity index (χ0) is 13.4. The number of rotatable bonds is 3. The fourth-order valence-corrected chi connectivity index (χ4v) is 2.20. The van der Waals surface area contributed by atoms with E-state index in [2.05, 4.69) is 12.2 Å². The molecule has 2 aliphatic rings. The van der Waals surface area contributed by atoms with Gasteiger partial charge in [0.15, 0.2) is 0 Å². The molecule has 0 aromatic rings. The number of hydrogen-bond acceptors (Lipinski definition) is 3. The van der Waals surface area contributed by atoms with E-state index in [4.69, 9.17) is 4.74 Å². The average molecular weight is 254 g/mol. The van der Waals surface area contributed by atoms with Gasteiger partial charge in [-0.2, -0.15) is 0 Å². The first-order valence-corrected chi connectivity index (χ1v) is 6.99. The van der Waals surface area contributed by atoms with Crippen molar-refractivity contribution in [1.82, 2.24) is 10.2 Å². The van der Waals surface area contributed by atoms with Crippen LogP contribution in [0.4, 0.5) is 4.79 Å². The Kier molecular flexibility index (Phi) is 3.58. The third-order valence-electron chi connectivity index (χ3n) is 3.76. The molecule has 4 heteroatoms. The lowest BCUT2D eigenvalue weighted by molar-refractivity contribution is 0.0291. The first kappa shape index (κ1) is 13.7. The van der Waals surface area contributed by atoms with E-state index in [0.29, 0.717) is 11.5 Å². The van der Waals surface area contributed by atoms with E-state index >= 15 is 0 Å². The quantitative estimate of drug-likeness (QED) is 0.841. The Morgan fingerprint density at radius 3 is 2.67 bits per heavy atom. The molecule has 1 amide bonds. The number of likely N-dealkylation sites (tertiary alicyclic amines) is 1. The van der Waals surface area contributed by atoms with E-state index in [1.165, 1.54) is 12.8 Å². The molecule has 0 aromatic heterocycles. The van der Waals surface area contributed by atoms with Gasteiger partial charge in [0.25, 0.3) is 0 Å². The molecule has 1 atom stereocenters. The zero-order valence-corrected chi connectivity index (χ0v) is 12.1. The number of hydrogen-bond donors (Lipinski definition) is 1. The summed E-state index contributed by atoms with van der Waals surface area (Å²) in [5, 5.41) is 3.58. The van der Waals surface area contributed by atoms with E-state index in [1.54, 1.807) is 0 Å². The molecule has 1 unspecified atom stereocenters. The van der Waals surface area contributed by atoms with Crippen molar-refractivity contribution in [3.63, 3.8) is 0 Å². The smallest absolute Gasteiger partial charge is 0.410 e. The lowest BCUT2D eigenvalue weighted by Gasteiger charge is -2.24. The van der Waals surface area contributed by atoms with E-state index in [-0.39, 0.29) is 6.09 Å². The van der Waals surface area contributed by atoms with Crippen molar-refractivity contribution in [3.05, 3.63) is 0 Å². The number of nitrogens with one attached hydrogen (secondary N) is 1. The van der Waals surface area contributed by atoms with Crippen LogP contribution >= 0.6 is 0 Å². The van der Waals surface area contributed by atoms with Crippen molar-refractivity contribution in [2.24, 2.45) is 5.41 Å². The second-order valence-electron chi connectivity index (χ2n) is 7.10. The summed E-state index contributed by atoms with van der Waals surface area (Å²) in [6.45, 7) is 10.7. The van der Waals surface area contributed by atoms with Crippen LogP contribution in [-0.4, -0.2) is 42.3 Å². The van der Waals surface area contributed by atoms with Gasteiger partial charge in [-0.3, -0.25) is 0 Å². The molecule has 18 heavy (non-hydrogen) atoms. The SMILES string of the molecule is CC1(CNC2CCN(C(=O)OC(C)(C)C)C2)CC1. The highest BCUT2D eigenvalue weighted by atomic mass is 16.6. The Morgan fingerprint density at radius 1 is 1.44 bits per heavy atom. The van der Waals surface area contributed by atoms with Gasteiger partial charge in [0, 0.05) is 25.7 Å². The van der Waals surface area contributed by atoms with E-state index in [1.807, 2.05) is 25.7 Å². The molecule has 0 spiro atoms.